The minimum atomic E-state index is -0.751. The number of aryl methyl sites for hydroxylation is 1. The van der Waals surface area contributed by atoms with Crippen molar-refractivity contribution < 1.29 is 5.11 Å². The number of aliphatic hydroxyl groups is 1. The van der Waals surface area contributed by atoms with Crippen molar-refractivity contribution in [2.45, 2.75) is 24.9 Å². The van der Waals surface area contributed by atoms with Crippen LogP contribution in [-0.4, -0.2) is 24.9 Å². The molecule has 0 saturated heterocycles. The van der Waals surface area contributed by atoms with Gasteiger partial charge < -0.3 is 9.67 Å². The molecule has 3 aromatic heterocycles. The van der Waals surface area contributed by atoms with Crippen LogP contribution in [-0.2, 0) is 12.6 Å². The smallest absolute Gasteiger partial charge is 0.260 e. The first-order valence-electron chi connectivity index (χ1n) is 9.38. The Kier molecular flexibility index (Phi) is 3.70. The summed E-state index contributed by atoms with van der Waals surface area (Å²) in [6, 6.07) is 13.5. The predicted molar refractivity (Wildman–Crippen MR) is 108 cm³/mol. The third-order valence-corrected chi connectivity index (χ3v) is 5.79. The van der Waals surface area contributed by atoms with Gasteiger partial charge in [-0.05, 0) is 55.0 Å². The Hall–Kier alpha value is -3.25. The number of H-pyrrole nitrogens is 1. The van der Waals surface area contributed by atoms with E-state index in [0.29, 0.717) is 11.3 Å². The molecule has 1 saturated carbocycles. The molecule has 28 heavy (non-hydrogen) atoms. The van der Waals surface area contributed by atoms with Crippen LogP contribution in [0.3, 0.4) is 0 Å². The second kappa shape index (κ2) is 6.14. The normalized spacial score (nSPS) is 15.5. The zero-order valence-electron chi connectivity index (χ0n) is 15.5. The summed E-state index contributed by atoms with van der Waals surface area (Å²) < 4.78 is 1.65. The van der Waals surface area contributed by atoms with E-state index in [2.05, 4.69) is 15.2 Å². The van der Waals surface area contributed by atoms with Gasteiger partial charge in [-0.1, -0.05) is 12.1 Å². The molecular formula is C22H20N4O2. The van der Waals surface area contributed by atoms with E-state index in [-0.39, 0.29) is 5.56 Å². The van der Waals surface area contributed by atoms with Gasteiger partial charge in [-0.25, -0.2) is 0 Å². The average molecular weight is 372 g/mol. The zero-order valence-corrected chi connectivity index (χ0v) is 15.5. The SMILES string of the molecule is Cn1c(=O)c(-c2ccc(C3(O)CCC3)cn2)cc2cc(-c3ccn[nH]3)ccc21. The van der Waals surface area contributed by atoms with Crippen molar-refractivity contribution in [3.05, 3.63) is 70.8 Å². The Morgan fingerprint density at radius 1 is 1.14 bits per heavy atom. The topological polar surface area (TPSA) is 83.8 Å². The molecule has 0 aliphatic heterocycles. The number of benzene rings is 1. The van der Waals surface area contributed by atoms with Gasteiger partial charge in [0, 0.05) is 30.6 Å². The molecule has 5 rings (SSSR count). The first-order chi connectivity index (χ1) is 13.5. The van der Waals surface area contributed by atoms with Crippen LogP contribution in [0.2, 0.25) is 0 Å². The lowest BCUT2D eigenvalue weighted by Crippen LogP contribution is -2.33. The minimum absolute atomic E-state index is 0.0932. The maximum absolute atomic E-state index is 12.9. The van der Waals surface area contributed by atoms with E-state index < -0.39 is 5.60 Å². The van der Waals surface area contributed by atoms with E-state index in [1.54, 1.807) is 24.0 Å². The van der Waals surface area contributed by atoms with E-state index in [4.69, 9.17) is 0 Å². The standard InChI is InChI=1S/C22H20N4O2/c1-26-20-6-3-14(18-7-10-24-25-18)11-15(20)12-17(21(26)27)19-5-4-16(13-23-19)22(28)8-2-9-22/h3-7,10-13,28H,2,8-9H2,1H3,(H,24,25). The first-order valence-corrected chi connectivity index (χ1v) is 9.38. The molecule has 1 aliphatic rings. The summed E-state index contributed by atoms with van der Waals surface area (Å²) in [5, 5.41) is 18.4. The van der Waals surface area contributed by atoms with Crippen molar-refractivity contribution in [1.29, 1.82) is 0 Å². The Morgan fingerprint density at radius 2 is 2.00 bits per heavy atom. The fourth-order valence-corrected chi connectivity index (χ4v) is 3.88. The summed E-state index contributed by atoms with van der Waals surface area (Å²) in [6.07, 6.45) is 5.97. The summed E-state index contributed by atoms with van der Waals surface area (Å²) in [5.74, 6) is 0. The lowest BCUT2D eigenvalue weighted by atomic mass is 9.76. The molecular weight excluding hydrogens is 352 g/mol. The Labute approximate surface area is 161 Å². The molecule has 2 N–H and O–H groups in total. The van der Waals surface area contributed by atoms with Crippen molar-refractivity contribution >= 4 is 10.9 Å². The molecule has 0 radical (unpaired) electrons. The van der Waals surface area contributed by atoms with Gasteiger partial charge in [0.1, 0.15) is 0 Å². The Balaban J connectivity index is 1.62. The first kappa shape index (κ1) is 16.9. The monoisotopic (exact) mass is 372 g/mol. The molecule has 1 aromatic carbocycles. The van der Waals surface area contributed by atoms with Crippen LogP contribution in [0.5, 0.6) is 0 Å². The summed E-state index contributed by atoms with van der Waals surface area (Å²) in [5.41, 5.74) is 3.92. The number of fused-ring (bicyclic) bond motifs is 1. The second-order valence-corrected chi connectivity index (χ2v) is 7.48. The van der Waals surface area contributed by atoms with Crippen LogP contribution < -0.4 is 5.56 Å². The van der Waals surface area contributed by atoms with Crippen molar-refractivity contribution in [3.63, 3.8) is 0 Å². The van der Waals surface area contributed by atoms with E-state index in [9.17, 15) is 9.90 Å². The van der Waals surface area contributed by atoms with Crippen molar-refractivity contribution in [3.8, 4) is 22.5 Å². The van der Waals surface area contributed by atoms with Crippen LogP contribution in [0, 0.1) is 0 Å². The van der Waals surface area contributed by atoms with E-state index in [1.807, 2.05) is 42.5 Å². The molecule has 1 aliphatic carbocycles. The second-order valence-electron chi connectivity index (χ2n) is 7.48. The number of nitrogens with zero attached hydrogens (tertiary/aromatic N) is 3. The summed E-state index contributed by atoms with van der Waals surface area (Å²) in [6.45, 7) is 0. The van der Waals surface area contributed by atoms with Gasteiger partial charge in [-0.3, -0.25) is 14.9 Å². The van der Waals surface area contributed by atoms with Gasteiger partial charge in [0.25, 0.3) is 5.56 Å². The quantitative estimate of drug-likeness (QED) is 0.578. The van der Waals surface area contributed by atoms with Gasteiger partial charge in [-0.15, -0.1) is 0 Å². The predicted octanol–water partition coefficient (Wildman–Crippen LogP) is 3.36. The highest BCUT2D eigenvalue weighted by Crippen LogP contribution is 2.40. The molecule has 6 nitrogen and oxygen atoms in total. The number of aromatic nitrogens is 4. The lowest BCUT2D eigenvalue weighted by Gasteiger charge is -2.36. The number of hydrogen-bond donors (Lipinski definition) is 2. The molecule has 0 amide bonds. The summed E-state index contributed by atoms with van der Waals surface area (Å²) >= 11 is 0. The molecule has 0 atom stereocenters. The maximum atomic E-state index is 12.9. The van der Waals surface area contributed by atoms with E-state index >= 15 is 0 Å². The molecule has 3 heterocycles. The van der Waals surface area contributed by atoms with Crippen molar-refractivity contribution in [2.75, 3.05) is 0 Å². The summed E-state index contributed by atoms with van der Waals surface area (Å²) in [4.78, 5) is 17.4. The minimum Gasteiger partial charge on any atom is -0.385 e. The number of hydrogen-bond acceptors (Lipinski definition) is 4. The van der Waals surface area contributed by atoms with Gasteiger partial charge >= 0.3 is 0 Å². The highest BCUT2D eigenvalue weighted by atomic mass is 16.3. The molecule has 0 bridgehead atoms. The molecule has 0 spiro atoms. The highest BCUT2D eigenvalue weighted by molar-refractivity contribution is 5.87. The lowest BCUT2D eigenvalue weighted by molar-refractivity contribution is -0.0390. The van der Waals surface area contributed by atoms with Crippen LogP contribution in [0.4, 0.5) is 0 Å². The summed E-state index contributed by atoms with van der Waals surface area (Å²) in [7, 11) is 1.77. The molecule has 140 valence electrons. The average Bonchev–Trinajstić information content (AvgIpc) is 3.23. The maximum Gasteiger partial charge on any atom is 0.260 e. The van der Waals surface area contributed by atoms with Gasteiger partial charge in [0.2, 0.25) is 0 Å². The zero-order chi connectivity index (χ0) is 19.3. The molecule has 6 heteroatoms. The Bertz CT molecular complexity index is 1220. The number of pyridine rings is 2. The van der Waals surface area contributed by atoms with E-state index in [1.165, 1.54) is 0 Å². The number of rotatable bonds is 3. The third-order valence-electron chi connectivity index (χ3n) is 5.79. The molecule has 1 fully saturated rings. The fraction of sp³-hybridized carbons (Fsp3) is 0.227. The van der Waals surface area contributed by atoms with Gasteiger partial charge in [-0.2, -0.15) is 5.10 Å². The Morgan fingerprint density at radius 3 is 2.64 bits per heavy atom. The molecule has 4 aromatic rings. The number of nitrogens with one attached hydrogen (secondary N) is 1. The van der Waals surface area contributed by atoms with Crippen molar-refractivity contribution in [1.82, 2.24) is 19.7 Å². The third kappa shape index (κ3) is 2.57. The van der Waals surface area contributed by atoms with Crippen LogP contribution in [0.15, 0.2) is 59.7 Å². The van der Waals surface area contributed by atoms with Crippen LogP contribution in [0.1, 0.15) is 24.8 Å². The van der Waals surface area contributed by atoms with Crippen molar-refractivity contribution in [2.24, 2.45) is 7.05 Å². The number of aromatic amines is 1. The van der Waals surface area contributed by atoms with Crippen LogP contribution in [0.25, 0.3) is 33.4 Å². The largest absolute Gasteiger partial charge is 0.385 e. The van der Waals surface area contributed by atoms with Gasteiger partial charge in [0.15, 0.2) is 0 Å². The van der Waals surface area contributed by atoms with E-state index in [0.717, 1.165) is 47.0 Å². The van der Waals surface area contributed by atoms with Crippen LogP contribution >= 0.6 is 0 Å². The molecule has 0 unspecified atom stereocenters. The highest BCUT2D eigenvalue weighted by Gasteiger charge is 2.36. The van der Waals surface area contributed by atoms with Gasteiger partial charge in [0.05, 0.1) is 28.1 Å². The fourth-order valence-electron chi connectivity index (χ4n) is 3.88.